The highest BCUT2D eigenvalue weighted by molar-refractivity contribution is 6.10. The second-order valence-electron chi connectivity index (χ2n) is 10.2. The van der Waals surface area contributed by atoms with E-state index in [9.17, 15) is 9.59 Å². The van der Waals surface area contributed by atoms with Crippen molar-refractivity contribution in [1.29, 1.82) is 0 Å². The molecule has 1 amide bonds. The number of carbonyl (C=O) groups is 2. The fourth-order valence-electron chi connectivity index (χ4n) is 5.78. The van der Waals surface area contributed by atoms with Crippen LogP contribution in [0.25, 0.3) is 0 Å². The quantitative estimate of drug-likeness (QED) is 0.383. The molecule has 0 radical (unpaired) electrons. The first kappa shape index (κ1) is 27.1. The molecular weight excluding hydrogens is 504 g/mol. The molecule has 5 rings (SSSR count). The number of carbonyl (C=O) groups excluding carboxylic acids is 2. The predicted molar refractivity (Wildman–Crippen MR) is 155 cm³/mol. The van der Waals surface area contributed by atoms with Gasteiger partial charge in [-0.15, -0.1) is 0 Å². The molecule has 1 heterocycles. The Morgan fingerprint density at radius 3 is 2.27 bits per heavy atom. The zero-order chi connectivity index (χ0) is 28.4. The molecule has 1 aliphatic carbocycles. The van der Waals surface area contributed by atoms with Crippen LogP contribution < -0.4 is 24.8 Å². The summed E-state index contributed by atoms with van der Waals surface area (Å²) >= 11 is 0. The molecule has 0 aromatic heterocycles. The van der Waals surface area contributed by atoms with Gasteiger partial charge in [-0.1, -0.05) is 30.3 Å². The van der Waals surface area contributed by atoms with Gasteiger partial charge in [-0.2, -0.15) is 0 Å². The summed E-state index contributed by atoms with van der Waals surface area (Å²) in [5.41, 5.74) is 6.45. The maximum atomic E-state index is 14.0. The van der Waals surface area contributed by atoms with Crippen molar-refractivity contribution in [2.24, 2.45) is 0 Å². The molecule has 3 aromatic rings. The van der Waals surface area contributed by atoms with Crippen LogP contribution in [0.2, 0.25) is 0 Å². The number of methoxy groups -OCH3 is 3. The largest absolute Gasteiger partial charge is 0.497 e. The van der Waals surface area contributed by atoms with Crippen LogP contribution >= 0.6 is 0 Å². The Kier molecular flexibility index (Phi) is 7.65. The zero-order valence-electron chi connectivity index (χ0n) is 23.5. The molecule has 2 atom stereocenters. The van der Waals surface area contributed by atoms with Crippen molar-refractivity contribution in [2.45, 2.75) is 38.5 Å². The molecule has 7 heteroatoms. The summed E-state index contributed by atoms with van der Waals surface area (Å²) in [7, 11) is 4.81. The summed E-state index contributed by atoms with van der Waals surface area (Å²) in [6.45, 7) is 3.92. The highest BCUT2D eigenvalue weighted by Gasteiger charge is 2.41. The van der Waals surface area contributed by atoms with Crippen LogP contribution in [0.3, 0.4) is 0 Å². The van der Waals surface area contributed by atoms with Crippen molar-refractivity contribution in [3.05, 3.63) is 106 Å². The van der Waals surface area contributed by atoms with E-state index in [4.69, 9.17) is 14.2 Å². The molecule has 3 aromatic carbocycles. The van der Waals surface area contributed by atoms with E-state index >= 15 is 0 Å². The van der Waals surface area contributed by atoms with E-state index in [1.165, 1.54) is 0 Å². The number of benzene rings is 3. The number of ketones is 1. The Morgan fingerprint density at radius 2 is 1.60 bits per heavy atom. The van der Waals surface area contributed by atoms with Crippen molar-refractivity contribution in [3.63, 3.8) is 0 Å². The molecular formula is C33H34N2O5. The SMILES string of the molecule is COc1ccc(NC(=O)C2=C(C)NC3=C(C(=O)C[C@H](c4ccc(OC)c(OC)c4)C3)[C@@H]2c2ccccc2C)cc1. The monoisotopic (exact) mass is 538 g/mol. The molecule has 0 fully saturated rings. The van der Waals surface area contributed by atoms with Gasteiger partial charge in [0.05, 0.1) is 21.3 Å². The molecule has 40 heavy (non-hydrogen) atoms. The average Bonchev–Trinajstić information content (AvgIpc) is 2.96. The highest BCUT2D eigenvalue weighted by Crippen LogP contribution is 2.47. The normalized spacial score (nSPS) is 18.6. The third-order valence-electron chi connectivity index (χ3n) is 7.80. The maximum absolute atomic E-state index is 14.0. The standard InChI is InChI=1S/C33H34N2O5/c1-19-8-6-7-9-25(19)31-30(33(37)35-23-11-13-24(38-3)14-12-23)20(2)34-26-16-22(17-27(36)32(26)31)21-10-15-28(39-4)29(18-21)40-5/h6-15,18,22,31,34H,16-17H2,1-5H3,(H,35,37)/t22-,31-/m1/s1. The van der Waals surface area contributed by atoms with Gasteiger partial charge in [0, 0.05) is 40.6 Å². The van der Waals surface area contributed by atoms with Gasteiger partial charge in [0.2, 0.25) is 0 Å². The van der Waals surface area contributed by atoms with Gasteiger partial charge >= 0.3 is 0 Å². The fourth-order valence-corrected chi connectivity index (χ4v) is 5.78. The third kappa shape index (κ3) is 5.07. The van der Waals surface area contributed by atoms with Crippen LogP contribution in [-0.4, -0.2) is 33.0 Å². The van der Waals surface area contributed by atoms with E-state index in [2.05, 4.69) is 10.6 Å². The maximum Gasteiger partial charge on any atom is 0.254 e. The number of nitrogens with one attached hydrogen (secondary N) is 2. The molecule has 7 nitrogen and oxygen atoms in total. The Morgan fingerprint density at radius 1 is 0.875 bits per heavy atom. The third-order valence-corrected chi connectivity index (χ3v) is 7.80. The van der Waals surface area contributed by atoms with Crippen molar-refractivity contribution >= 4 is 17.4 Å². The molecule has 206 valence electrons. The molecule has 0 saturated heterocycles. The molecule has 0 spiro atoms. The minimum Gasteiger partial charge on any atom is -0.497 e. The molecule has 0 saturated carbocycles. The first-order chi connectivity index (χ1) is 19.3. The van der Waals surface area contributed by atoms with Crippen LogP contribution in [0.15, 0.2) is 89.3 Å². The van der Waals surface area contributed by atoms with E-state index in [-0.39, 0.29) is 17.6 Å². The summed E-state index contributed by atoms with van der Waals surface area (Å²) in [6.07, 6.45) is 0.981. The summed E-state index contributed by atoms with van der Waals surface area (Å²) in [4.78, 5) is 27.8. The minimum absolute atomic E-state index is 0.0291. The van der Waals surface area contributed by atoms with Gasteiger partial charge in [-0.3, -0.25) is 9.59 Å². The number of hydrogen-bond donors (Lipinski definition) is 2. The number of Topliss-reactive ketones (excluding diaryl/α,β-unsaturated/α-hetero) is 1. The Balaban J connectivity index is 1.53. The lowest BCUT2D eigenvalue weighted by atomic mass is 9.71. The van der Waals surface area contributed by atoms with Crippen molar-refractivity contribution < 1.29 is 23.8 Å². The van der Waals surface area contributed by atoms with Crippen LogP contribution in [-0.2, 0) is 9.59 Å². The lowest BCUT2D eigenvalue weighted by molar-refractivity contribution is -0.116. The summed E-state index contributed by atoms with van der Waals surface area (Å²) in [5.74, 6) is 1.27. The molecule has 0 bridgehead atoms. The lowest BCUT2D eigenvalue weighted by Gasteiger charge is -2.37. The number of rotatable bonds is 7. The van der Waals surface area contributed by atoms with Crippen molar-refractivity contribution in [3.8, 4) is 17.2 Å². The highest BCUT2D eigenvalue weighted by atomic mass is 16.5. The van der Waals surface area contributed by atoms with Gasteiger partial charge in [-0.05, 0) is 79.3 Å². The number of anilines is 1. The van der Waals surface area contributed by atoms with Crippen molar-refractivity contribution in [2.75, 3.05) is 26.6 Å². The summed E-state index contributed by atoms with van der Waals surface area (Å²) in [6, 6.07) is 21.0. The van der Waals surface area contributed by atoms with Gasteiger partial charge < -0.3 is 24.8 Å². The van der Waals surface area contributed by atoms with E-state index in [0.717, 1.165) is 28.1 Å². The molecule has 2 aliphatic rings. The molecule has 1 aliphatic heterocycles. The topological polar surface area (TPSA) is 85.9 Å². The van der Waals surface area contributed by atoms with Gasteiger partial charge in [0.15, 0.2) is 17.3 Å². The summed E-state index contributed by atoms with van der Waals surface area (Å²) in [5, 5.41) is 6.48. The second kappa shape index (κ2) is 11.3. The van der Waals surface area contributed by atoms with E-state index in [0.29, 0.717) is 46.9 Å². The first-order valence-electron chi connectivity index (χ1n) is 13.3. The predicted octanol–water partition coefficient (Wildman–Crippen LogP) is 6.02. The van der Waals surface area contributed by atoms with E-state index in [1.807, 2.05) is 56.3 Å². The van der Waals surface area contributed by atoms with Crippen LogP contribution in [0.5, 0.6) is 17.2 Å². The fraction of sp³-hybridized carbons (Fsp3) is 0.273. The minimum atomic E-state index is -0.477. The van der Waals surface area contributed by atoms with E-state index < -0.39 is 5.92 Å². The van der Waals surface area contributed by atoms with Crippen LogP contribution in [0, 0.1) is 6.92 Å². The average molecular weight is 539 g/mol. The van der Waals surface area contributed by atoms with Crippen LogP contribution in [0.4, 0.5) is 5.69 Å². The van der Waals surface area contributed by atoms with Gasteiger partial charge in [0.25, 0.3) is 5.91 Å². The molecule has 0 unspecified atom stereocenters. The number of amides is 1. The zero-order valence-corrected chi connectivity index (χ0v) is 23.5. The number of hydrogen-bond acceptors (Lipinski definition) is 6. The van der Waals surface area contributed by atoms with Crippen LogP contribution in [0.1, 0.15) is 48.3 Å². The smallest absolute Gasteiger partial charge is 0.254 e. The first-order valence-corrected chi connectivity index (χ1v) is 13.3. The number of allylic oxidation sites excluding steroid dienone is 3. The Labute approximate surface area is 234 Å². The Hall–Kier alpha value is -4.52. The lowest BCUT2D eigenvalue weighted by Crippen LogP contribution is -2.37. The number of dihydropyridines is 1. The van der Waals surface area contributed by atoms with E-state index in [1.54, 1.807) is 45.6 Å². The second-order valence-corrected chi connectivity index (χ2v) is 10.2. The number of ether oxygens (including phenoxy) is 3. The Bertz CT molecular complexity index is 1520. The summed E-state index contributed by atoms with van der Waals surface area (Å²) < 4.78 is 16.2. The van der Waals surface area contributed by atoms with Crippen molar-refractivity contribution in [1.82, 2.24) is 5.32 Å². The molecule has 2 N–H and O–H groups in total. The van der Waals surface area contributed by atoms with Gasteiger partial charge in [0.1, 0.15) is 5.75 Å². The number of aryl methyl sites for hydroxylation is 1. The van der Waals surface area contributed by atoms with Gasteiger partial charge in [-0.25, -0.2) is 0 Å².